The van der Waals surface area contributed by atoms with Gasteiger partial charge in [-0.05, 0) is 43.4 Å². The number of hydrogen-bond acceptors (Lipinski definition) is 3. The molecule has 2 aliphatic heterocycles. The largest absolute Gasteiger partial charge is 0.396 e. The smallest absolute Gasteiger partial charge is 0.282 e. The highest BCUT2D eigenvalue weighted by molar-refractivity contribution is 7.86. The van der Waals surface area contributed by atoms with E-state index in [9.17, 15) is 13.5 Å². The highest BCUT2D eigenvalue weighted by Gasteiger charge is 2.43. The van der Waals surface area contributed by atoms with E-state index in [-0.39, 0.29) is 12.5 Å². The van der Waals surface area contributed by atoms with Crippen LogP contribution in [0, 0.1) is 17.8 Å². The Hall–Kier alpha value is -0.170. The topological polar surface area (TPSA) is 60.9 Å². The Morgan fingerprint density at radius 1 is 0.947 bits per heavy atom. The summed E-state index contributed by atoms with van der Waals surface area (Å²) in [4.78, 5) is 0. The summed E-state index contributed by atoms with van der Waals surface area (Å²) in [7, 11) is -3.29. The first-order valence-electron chi connectivity index (χ1n) is 7.47. The summed E-state index contributed by atoms with van der Waals surface area (Å²) in [6.45, 7) is 2.63. The van der Waals surface area contributed by atoms with Crippen LogP contribution >= 0.6 is 0 Å². The minimum absolute atomic E-state index is 0.0945. The van der Waals surface area contributed by atoms with Crippen molar-refractivity contribution in [2.24, 2.45) is 17.8 Å². The van der Waals surface area contributed by atoms with E-state index in [2.05, 4.69) is 0 Å². The zero-order valence-corrected chi connectivity index (χ0v) is 12.2. The molecule has 2 heterocycles. The number of nitrogens with zero attached hydrogens (tertiary/aromatic N) is 2. The Balaban J connectivity index is 1.69. The molecule has 0 bridgehead atoms. The molecule has 110 valence electrons. The molecule has 0 aromatic heterocycles. The summed E-state index contributed by atoms with van der Waals surface area (Å²) in [6.07, 6.45) is 5.45. The van der Waals surface area contributed by atoms with Gasteiger partial charge in [-0.1, -0.05) is 6.42 Å². The standard InChI is InChI=1S/C13H24N2O3S/c16-10-11-3-2-6-14(7-11)19(17,18)15-8-12-4-1-5-13(12)9-15/h11-13,16H,1-10H2. The van der Waals surface area contributed by atoms with Gasteiger partial charge in [0.1, 0.15) is 0 Å². The normalized spacial score (nSPS) is 37.6. The van der Waals surface area contributed by atoms with Crippen molar-refractivity contribution in [2.75, 3.05) is 32.8 Å². The Labute approximate surface area is 115 Å². The molecule has 0 amide bonds. The van der Waals surface area contributed by atoms with Gasteiger partial charge in [0.05, 0.1) is 0 Å². The fourth-order valence-corrected chi connectivity index (χ4v) is 5.77. The van der Waals surface area contributed by atoms with Crippen LogP contribution < -0.4 is 0 Å². The van der Waals surface area contributed by atoms with Gasteiger partial charge >= 0.3 is 0 Å². The van der Waals surface area contributed by atoms with Crippen LogP contribution in [0.3, 0.4) is 0 Å². The average Bonchev–Trinajstić information content (AvgIpc) is 2.99. The molecule has 3 fully saturated rings. The quantitative estimate of drug-likeness (QED) is 0.830. The highest BCUT2D eigenvalue weighted by Crippen LogP contribution is 2.39. The fourth-order valence-electron chi connectivity index (χ4n) is 3.93. The van der Waals surface area contributed by atoms with Crippen molar-refractivity contribution in [1.82, 2.24) is 8.61 Å². The van der Waals surface area contributed by atoms with Crippen molar-refractivity contribution in [3.05, 3.63) is 0 Å². The first-order valence-corrected chi connectivity index (χ1v) is 8.87. The van der Waals surface area contributed by atoms with Crippen LogP contribution in [0.4, 0.5) is 0 Å². The lowest BCUT2D eigenvalue weighted by molar-refractivity contribution is 0.161. The van der Waals surface area contributed by atoms with Gasteiger partial charge in [0.25, 0.3) is 10.2 Å². The zero-order chi connectivity index (χ0) is 13.5. The molecule has 0 aromatic carbocycles. The van der Waals surface area contributed by atoms with Crippen molar-refractivity contribution in [2.45, 2.75) is 32.1 Å². The van der Waals surface area contributed by atoms with E-state index >= 15 is 0 Å². The molecule has 3 aliphatic rings. The molecule has 1 N–H and O–H groups in total. The van der Waals surface area contributed by atoms with Crippen LogP contribution in [0.15, 0.2) is 0 Å². The van der Waals surface area contributed by atoms with Crippen LogP contribution in [-0.4, -0.2) is 54.9 Å². The third-order valence-electron chi connectivity index (χ3n) is 5.09. The predicted molar refractivity (Wildman–Crippen MR) is 72.7 cm³/mol. The maximum absolute atomic E-state index is 12.7. The van der Waals surface area contributed by atoms with Gasteiger partial charge in [-0.15, -0.1) is 0 Å². The van der Waals surface area contributed by atoms with Gasteiger partial charge < -0.3 is 5.11 Å². The molecule has 0 spiro atoms. The zero-order valence-electron chi connectivity index (χ0n) is 11.4. The maximum Gasteiger partial charge on any atom is 0.282 e. The molecule has 5 nitrogen and oxygen atoms in total. The van der Waals surface area contributed by atoms with E-state index in [1.807, 2.05) is 0 Å². The summed E-state index contributed by atoms with van der Waals surface area (Å²) in [5, 5.41) is 9.24. The Bertz CT molecular complexity index is 403. The summed E-state index contributed by atoms with van der Waals surface area (Å²) in [6, 6.07) is 0. The van der Waals surface area contributed by atoms with Gasteiger partial charge in [0.2, 0.25) is 0 Å². The van der Waals surface area contributed by atoms with Crippen LogP contribution in [-0.2, 0) is 10.2 Å². The molecule has 3 atom stereocenters. The van der Waals surface area contributed by atoms with Crippen molar-refractivity contribution in [3.8, 4) is 0 Å². The summed E-state index contributed by atoms with van der Waals surface area (Å²) < 4.78 is 28.6. The number of piperidine rings is 1. The SMILES string of the molecule is O=S(=O)(N1CCCC(CO)C1)N1CC2CCCC2C1. The second kappa shape index (κ2) is 5.31. The van der Waals surface area contributed by atoms with E-state index in [0.717, 1.165) is 12.8 Å². The summed E-state index contributed by atoms with van der Waals surface area (Å²) in [5.74, 6) is 1.30. The summed E-state index contributed by atoms with van der Waals surface area (Å²) >= 11 is 0. The van der Waals surface area contributed by atoms with Crippen molar-refractivity contribution >= 4 is 10.2 Å². The fraction of sp³-hybridized carbons (Fsp3) is 1.00. The third-order valence-corrected chi connectivity index (χ3v) is 7.02. The lowest BCUT2D eigenvalue weighted by atomic mass is 10.0. The van der Waals surface area contributed by atoms with Gasteiger partial charge in [-0.2, -0.15) is 17.0 Å². The number of fused-ring (bicyclic) bond motifs is 1. The molecule has 6 heteroatoms. The van der Waals surface area contributed by atoms with Gasteiger partial charge in [-0.3, -0.25) is 0 Å². The van der Waals surface area contributed by atoms with Crippen LogP contribution in [0.2, 0.25) is 0 Å². The molecule has 19 heavy (non-hydrogen) atoms. The number of rotatable bonds is 3. The number of aliphatic hydroxyl groups excluding tert-OH is 1. The van der Waals surface area contributed by atoms with Crippen LogP contribution in [0.5, 0.6) is 0 Å². The van der Waals surface area contributed by atoms with E-state index in [1.54, 1.807) is 8.61 Å². The Morgan fingerprint density at radius 3 is 2.26 bits per heavy atom. The minimum Gasteiger partial charge on any atom is -0.396 e. The second-order valence-corrected chi connectivity index (χ2v) is 8.25. The Morgan fingerprint density at radius 2 is 1.63 bits per heavy atom. The molecule has 0 radical (unpaired) electrons. The molecule has 0 aromatic rings. The molecule has 3 unspecified atom stereocenters. The average molecular weight is 288 g/mol. The highest BCUT2D eigenvalue weighted by atomic mass is 32.2. The van der Waals surface area contributed by atoms with Crippen molar-refractivity contribution in [3.63, 3.8) is 0 Å². The maximum atomic E-state index is 12.7. The lowest BCUT2D eigenvalue weighted by Crippen LogP contribution is -2.48. The van der Waals surface area contributed by atoms with Crippen molar-refractivity contribution < 1.29 is 13.5 Å². The molecular formula is C13H24N2O3S. The monoisotopic (exact) mass is 288 g/mol. The molecule has 2 saturated heterocycles. The molecular weight excluding hydrogens is 264 g/mol. The van der Waals surface area contributed by atoms with E-state index < -0.39 is 10.2 Å². The van der Waals surface area contributed by atoms with Gasteiger partial charge in [0, 0.05) is 32.8 Å². The first kappa shape index (κ1) is 13.8. The van der Waals surface area contributed by atoms with Crippen molar-refractivity contribution in [1.29, 1.82) is 0 Å². The van der Waals surface area contributed by atoms with Gasteiger partial charge in [-0.25, -0.2) is 0 Å². The lowest BCUT2D eigenvalue weighted by Gasteiger charge is -2.33. The summed E-state index contributed by atoms with van der Waals surface area (Å²) in [5.41, 5.74) is 0. The molecule has 1 saturated carbocycles. The third kappa shape index (κ3) is 2.55. The van der Waals surface area contributed by atoms with Crippen LogP contribution in [0.1, 0.15) is 32.1 Å². The van der Waals surface area contributed by atoms with E-state index in [0.29, 0.717) is 38.0 Å². The minimum atomic E-state index is -3.29. The van der Waals surface area contributed by atoms with Gasteiger partial charge in [0.15, 0.2) is 0 Å². The molecule has 1 aliphatic carbocycles. The predicted octanol–water partition coefficient (Wildman–Crippen LogP) is 0.667. The van der Waals surface area contributed by atoms with E-state index in [1.165, 1.54) is 19.3 Å². The first-order chi connectivity index (χ1) is 9.11. The van der Waals surface area contributed by atoms with Crippen LogP contribution in [0.25, 0.3) is 0 Å². The number of hydrogen-bond donors (Lipinski definition) is 1. The second-order valence-electron chi connectivity index (χ2n) is 6.32. The number of aliphatic hydroxyl groups is 1. The van der Waals surface area contributed by atoms with E-state index in [4.69, 9.17) is 0 Å². The Kier molecular flexibility index (Phi) is 3.86. The molecule has 3 rings (SSSR count).